The Morgan fingerprint density at radius 1 is 1.14 bits per heavy atom. The van der Waals surface area contributed by atoms with E-state index in [2.05, 4.69) is 41.3 Å². The minimum Gasteiger partial charge on any atom is -0.438 e. The van der Waals surface area contributed by atoms with E-state index in [9.17, 15) is 0 Å². The fourth-order valence-electron chi connectivity index (χ4n) is 2.01. The van der Waals surface area contributed by atoms with Gasteiger partial charge in [0.2, 0.25) is 5.88 Å². The van der Waals surface area contributed by atoms with E-state index in [1.54, 1.807) is 0 Å². The van der Waals surface area contributed by atoms with E-state index in [0.29, 0.717) is 11.0 Å². The number of anilines is 1. The normalized spacial score (nSPS) is 10.5. The van der Waals surface area contributed by atoms with E-state index in [0.717, 1.165) is 29.2 Å². The lowest BCUT2D eigenvalue weighted by Crippen LogP contribution is -2.03. The smallest absolute Gasteiger partial charge is 0.225 e. The van der Waals surface area contributed by atoms with Crippen molar-refractivity contribution in [2.75, 3.05) is 18.1 Å². The van der Waals surface area contributed by atoms with Crippen LogP contribution in [0.2, 0.25) is 0 Å². The monoisotopic (exact) mass is 303 g/mol. The molecule has 1 heterocycles. The van der Waals surface area contributed by atoms with Crippen molar-refractivity contribution in [1.29, 1.82) is 0 Å². The van der Waals surface area contributed by atoms with Crippen LogP contribution in [0.4, 0.5) is 5.82 Å². The quantitative estimate of drug-likeness (QED) is 0.657. The summed E-state index contributed by atoms with van der Waals surface area (Å²) in [6.07, 6.45) is 1.96. The lowest BCUT2D eigenvalue weighted by molar-refractivity contribution is 0.449. The summed E-state index contributed by atoms with van der Waals surface area (Å²) in [6, 6.07) is 6.01. The second-order valence-electron chi connectivity index (χ2n) is 4.86. The third kappa shape index (κ3) is 3.67. The molecule has 4 nitrogen and oxygen atoms in total. The van der Waals surface area contributed by atoms with Gasteiger partial charge in [-0.1, -0.05) is 23.9 Å². The Morgan fingerprint density at radius 3 is 2.52 bits per heavy atom. The molecular weight excluding hydrogens is 282 g/mol. The Labute approximate surface area is 130 Å². The van der Waals surface area contributed by atoms with Crippen LogP contribution in [-0.4, -0.2) is 22.8 Å². The Kier molecular flexibility index (Phi) is 5.07. The molecule has 1 aromatic heterocycles. The van der Waals surface area contributed by atoms with Crippen LogP contribution in [0.3, 0.4) is 0 Å². The number of hydrogen-bond acceptors (Lipinski definition) is 5. The van der Waals surface area contributed by atoms with Crippen molar-refractivity contribution in [1.82, 2.24) is 9.97 Å². The molecule has 0 fully saturated rings. The lowest BCUT2D eigenvalue weighted by Gasteiger charge is -2.14. The number of rotatable bonds is 5. The zero-order chi connectivity index (χ0) is 15.4. The van der Waals surface area contributed by atoms with Gasteiger partial charge in [-0.2, -0.15) is 4.98 Å². The Hall–Kier alpha value is -1.75. The molecule has 2 aromatic rings. The van der Waals surface area contributed by atoms with E-state index >= 15 is 0 Å². The molecule has 0 aliphatic carbocycles. The van der Waals surface area contributed by atoms with Crippen molar-refractivity contribution in [2.24, 2.45) is 0 Å². The fourth-order valence-corrected chi connectivity index (χ4v) is 2.38. The number of aryl methyl sites for hydroxylation is 2. The highest BCUT2D eigenvalue weighted by Crippen LogP contribution is 2.31. The van der Waals surface area contributed by atoms with Crippen LogP contribution in [0.1, 0.15) is 23.6 Å². The second-order valence-corrected chi connectivity index (χ2v) is 5.64. The first-order valence-corrected chi connectivity index (χ1v) is 8.19. The summed E-state index contributed by atoms with van der Waals surface area (Å²) in [5.74, 6) is 2.24. The average molecular weight is 303 g/mol. The van der Waals surface area contributed by atoms with Crippen LogP contribution < -0.4 is 10.1 Å². The highest BCUT2D eigenvalue weighted by molar-refractivity contribution is 7.98. The van der Waals surface area contributed by atoms with Gasteiger partial charge >= 0.3 is 0 Å². The van der Waals surface area contributed by atoms with Crippen LogP contribution >= 0.6 is 11.8 Å². The number of ether oxygens (including phenoxy) is 1. The SMILES string of the molecule is CCNc1cc(Oc2c(C)ccc(C)c2C)nc(SC)n1. The lowest BCUT2D eigenvalue weighted by atomic mass is 10.1. The van der Waals surface area contributed by atoms with E-state index in [4.69, 9.17) is 4.74 Å². The van der Waals surface area contributed by atoms with E-state index in [1.165, 1.54) is 17.3 Å². The Bertz CT molecular complexity index is 644. The van der Waals surface area contributed by atoms with Crippen molar-refractivity contribution in [2.45, 2.75) is 32.9 Å². The predicted octanol–water partition coefficient (Wildman–Crippen LogP) is 4.35. The van der Waals surface area contributed by atoms with Crippen LogP contribution in [-0.2, 0) is 0 Å². The van der Waals surface area contributed by atoms with Gasteiger partial charge < -0.3 is 10.1 Å². The summed E-state index contributed by atoms with van der Waals surface area (Å²) in [6.45, 7) is 9.05. The molecule has 0 aliphatic rings. The molecule has 1 aromatic carbocycles. The molecule has 21 heavy (non-hydrogen) atoms. The Balaban J connectivity index is 2.39. The second kappa shape index (κ2) is 6.80. The summed E-state index contributed by atoms with van der Waals surface area (Å²) >= 11 is 1.50. The Morgan fingerprint density at radius 2 is 1.86 bits per heavy atom. The fraction of sp³-hybridized carbons (Fsp3) is 0.375. The summed E-state index contributed by atoms with van der Waals surface area (Å²) in [4.78, 5) is 8.84. The van der Waals surface area contributed by atoms with Gasteiger partial charge in [-0.3, -0.25) is 0 Å². The van der Waals surface area contributed by atoms with Crippen molar-refractivity contribution in [3.63, 3.8) is 0 Å². The van der Waals surface area contributed by atoms with Gasteiger partial charge in [0.25, 0.3) is 0 Å². The molecule has 0 amide bonds. The zero-order valence-corrected chi connectivity index (χ0v) is 14.0. The molecule has 2 rings (SSSR count). The molecule has 0 spiro atoms. The van der Waals surface area contributed by atoms with Gasteiger partial charge in [0, 0.05) is 12.6 Å². The van der Waals surface area contributed by atoms with Crippen molar-refractivity contribution < 1.29 is 4.74 Å². The van der Waals surface area contributed by atoms with Gasteiger partial charge in [0.1, 0.15) is 11.6 Å². The number of benzene rings is 1. The zero-order valence-electron chi connectivity index (χ0n) is 13.2. The number of nitrogens with zero attached hydrogens (tertiary/aromatic N) is 2. The molecule has 0 atom stereocenters. The minimum atomic E-state index is 0.571. The topological polar surface area (TPSA) is 47.0 Å². The molecule has 1 N–H and O–H groups in total. The van der Waals surface area contributed by atoms with E-state index < -0.39 is 0 Å². The maximum atomic E-state index is 6.05. The first-order chi connectivity index (χ1) is 10.0. The highest BCUT2D eigenvalue weighted by Gasteiger charge is 2.11. The third-order valence-electron chi connectivity index (χ3n) is 3.30. The number of aromatic nitrogens is 2. The van der Waals surface area contributed by atoms with Gasteiger partial charge in [0.15, 0.2) is 5.16 Å². The molecule has 0 saturated heterocycles. The highest BCUT2D eigenvalue weighted by atomic mass is 32.2. The maximum Gasteiger partial charge on any atom is 0.225 e. The average Bonchev–Trinajstić information content (AvgIpc) is 2.48. The molecule has 5 heteroatoms. The first-order valence-electron chi connectivity index (χ1n) is 6.96. The molecule has 0 bridgehead atoms. The first kappa shape index (κ1) is 15.6. The number of hydrogen-bond donors (Lipinski definition) is 1. The number of thioether (sulfide) groups is 1. The molecule has 0 unspecified atom stereocenters. The van der Waals surface area contributed by atoms with E-state index in [1.807, 2.05) is 26.2 Å². The number of nitrogens with one attached hydrogen (secondary N) is 1. The minimum absolute atomic E-state index is 0.571. The predicted molar refractivity (Wildman–Crippen MR) is 88.7 cm³/mol. The van der Waals surface area contributed by atoms with Crippen LogP contribution in [0.15, 0.2) is 23.4 Å². The van der Waals surface area contributed by atoms with Crippen molar-refractivity contribution in [3.8, 4) is 11.6 Å². The summed E-state index contributed by atoms with van der Waals surface area (Å²) in [5, 5.41) is 3.90. The van der Waals surface area contributed by atoms with Crippen LogP contribution in [0, 0.1) is 20.8 Å². The van der Waals surface area contributed by atoms with Crippen molar-refractivity contribution >= 4 is 17.6 Å². The maximum absolute atomic E-state index is 6.05. The van der Waals surface area contributed by atoms with Gasteiger partial charge in [0.05, 0.1) is 0 Å². The van der Waals surface area contributed by atoms with Gasteiger partial charge in [-0.25, -0.2) is 4.98 Å². The van der Waals surface area contributed by atoms with Crippen LogP contribution in [0.5, 0.6) is 11.6 Å². The molecule has 112 valence electrons. The largest absolute Gasteiger partial charge is 0.438 e. The molecular formula is C16H21N3OS. The van der Waals surface area contributed by atoms with Crippen molar-refractivity contribution in [3.05, 3.63) is 34.9 Å². The summed E-state index contributed by atoms with van der Waals surface area (Å²) in [5.41, 5.74) is 3.46. The van der Waals surface area contributed by atoms with E-state index in [-0.39, 0.29) is 0 Å². The van der Waals surface area contributed by atoms with Gasteiger partial charge in [-0.05, 0) is 50.6 Å². The molecule has 0 aliphatic heterocycles. The summed E-state index contributed by atoms with van der Waals surface area (Å²) in [7, 11) is 0. The van der Waals surface area contributed by atoms with Gasteiger partial charge in [-0.15, -0.1) is 0 Å². The molecule has 0 radical (unpaired) electrons. The van der Waals surface area contributed by atoms with Crippen LogP contribution in [0.25, 0.3) is 0 Å². The third-order valence-corrected chi connectivity index (χ3v) is 3.85. The molecule has 0 saturated carbocycles. The standard InChI is InChI=1S/C16H21N3OS/c1-6-17-13-9-14(19-16(18-13)21-5)20-15-11(3)8-7-10(2)12(15)4/h7-9H,6H2,1-5H3,(H,17,18,19). The summed E-state index contributed by atoms with van der Waals surface area (Å²) < 4.78 is 6.05.